The Bertz CT molecular complexity index is 302. The fourth-order valence-electron chi connectivity index (χ4n) is 1.43. The standard InChI is InChI=1S/C13H22N2O/c1-4-15(3)11-12-6-5-7-13(10-12)16-9-8-14-2/h5-7,10,14H,4,8-9,11H2,1-3H3. The molecule has 0 fully saturated rings. The Hall–Kier alpha value is -1.06. The van der Waals surface area contributed by atoms with E-state index in [4.69, 9.17) is 4.74 Å². The molecule has 0 amide bonds. The van der Waals surface area contributed by atoms with E-state index >= 15 is 0 Å². The van der Waals surface area contributed by atoms with E-state index in [1.807, 2.05) is 19.2 Å². The number of benzene rings is 1. The van der Waals surface area contributed by atoms with Gasteiger partial charge in [-0.15, -0.1) is 0 Å². The molecule has 3 nitrogen and oxygen atoms in total. The van der Waals surface area contributed by atoms with Gasteiger partial charge in [-0.2, -0.15) is 0 Å². The van der Waals surface area contributed by atoms with Crippen molar-refractivity contribution in [2.24, 2.45) is 0 Å². The largest absolute Gasteiger partial charge is 0.492 e. The van der Waals surface area contributed by atoms with Crippen LogP contribution < -0.4 is 10.1 Å². The van der Waals surface area contributed by atoms with Gasteiger partial charge in [-0.05, 0) is 38.3 Å². The Morgan fingerprint density at radius 2 is 2.19 bits per heavy atom. The van der Waals surface area contributed by atoms with Crippen molar-refractivity contribution in [3.05, 3.63) is 29.8 Å². The molecule has 1 rings (SSSR count). The third-order valence-electron chi connectivity index (χ3n) is 2.51. The van der Waals surface area contributed by atoms with Gasteiger partial charge in [0, 0.05) is 13.1 Å². The molecule has 0 unspecified atom stereocenters. The van der Waals surface area contributed by atoms with Crippen LogP contribution in [0, 0.1) is 0 Å². The van der Waals surface area contributed by atoms with E-state index in [1.165, 1.54) is 5.56 Å². The van der Waals surface area contributed by atoms with Crippen LogP contribution >= 0.6 is 0 Å². The van der Waals surface area contributed by atoms with Gasteiger partial charge in [0.25, 0.3) is 0 Å². The van der Waals surface area contributed by atoms with Gasteiger partial charge in [0.05, 0.1) is 0 Å². The van der Waals surface area contributed by atoms with Gasteiger partial charge in [-0.25, -0.2) is 0 Å². The molecule has 0 spiro atoms. The van der Waals surface area contributed by atoms with Gasteiger partial charge in [-0.1, -0.05) is 19.1 Å². The van der Waals surface area contributed by atoms with Crippen LogP contribution in [0.3, 0.4) is 0 Å². The summed E-state index contributed by atoms with van der Waals surface area (Å²) in [6.45, 7) is 5.78. The van der Waals surface area contributed by atoms with Crippen molar-refractivity contribution in [3.8, 4) is 5.75 Å². The zero-order chi connectivity index (χ0) is 11.8. The minimum Gasteiger partial charge on any atom is -0.492 e. The molecule has 0 aromatic heterocycles. The molecule has 16 heavy (non-hydrogen) atoms. The van der Waals surface area contributed by atoms with Gasteiger partial charge >= 0.3 is 0 Å². The summed E-state index contributed by atoms with van der Waals surface area (Å²) in [6.07, 6.45) is 0. The summed E-state index contributed by atoms with van der Waals surface area (Å²) in [5.41, 5.74) is 1.30. The molecule has 0 atom stereocenters. The second-order valence-electron chi connectivity index (χ2n) is 3.93. The first-order valence-corrected chi connectivity index (χ1v) is 5.81. The van der Waals surface area contributed by atoms with E-state index < -0.39 is 0 Å². The third-order valence-corrected chi connectivity index (χ3v) is 2.51. The minimum absolute atomic E-state index is 0.712. The number of nitrogens with zero attached hydrogens (tertiary/aromatic N) is 1. The molecular weight excluding hydrogens is 200 g/mol. The zero-order valence-corrected chi connectivity index (χ0v) is 10.5. The van der Waals surface area contributed by atoms with E-state index in [0.29, 0.717) is 6.61 Å². The molecule has 90 valence electrons. The Kier molecular flexibility index (Phi) is 5.90. The van der Waals surface area contributed by atoms with Gasteiger partial charge in [0.2, 0.25) is 0 Å². The summed E-state index contributed by atoms with van der Waals surface area (Å²) in [7, 11) is 4.05. The Morgan fingerprint density at radius 3 is 2.88 bits per heavy atom. The number of hydrogen-bond donors (Lipinski definition) is 1. The van der Waals surface area contributed by atoms with Crippen LogP contribution in [0.5, 0.6) is 5.75 Å². The van der Waals surface area contributed by atoms with Crippen molar-refractivity contribution in [2.75, 3.05) is 33.8 Å². The van der Waals surface area contributed by atoms with Crippen LogP contribution in [-0.2, 0) is 6.54 Å². The highest BCUT2D eigenvalue weighted by molar-refractivity contribution is 5.28. The van der Waals surface area contributed by atoms with Crippen molar-refractivity contribution < 1.29 is 4.74 Å². The number of ether oxygens (including phenoxy) is 1. The first kappa shape index (κ1) is 13.0. The predicted molar refractivity (Wildman–Crippen MR) is 67.9 cm³/mol. The van der Waals surface area contributed by atoms with Crippen molar-refractivity contribution in [3.63, 3.8) is 0 Å². The van der Waals surface area contributed by atoms with Crippen molar-refractivity contribution in [2.45, 2.75) is 13.5 Å². The second kappa shape index (κ2) is 7.25. The minimum atomic E-state index is 0.712. The average molecular weight is 222 g/mol. The lowest BCUT2D eigenvalue weighted by Gasteiger charge is -2.14. The Morgan fingerprint density at radius 1 is 1.38 bits per heavy atom. The monoisotopic (exact) mass is 222 g/mol. The van der Waals surface area contributed by atoms with Crippen molar-refractivity contribution in [1.29, 1.82) is 0 Å². The normalized spacial score (nSPS) is 10.8. The van der Waals surface area contributed by atoms with Gasteiger partial charge < -0.3 is 15.0 Å². The summed E-state index contributed by atoms with van der Waals surface area (Å²) < 4.78 is 5.62. The molecule has 3 heteroatoms. The summed E-state index contributed by atoms with van der Waals surface area (Å²) in [5, 5.41) is 3.06. The zero-order valence-electron chi connectivity index (χ0n) is 10.5. The quantitative estimate of drug-likeness (QED) is 0.711. The molecule has 0 radical (unpaired) electrons. The molecular formula is C13H22N2O. The molecule has 1 N–H and O–H groups in total. The van der Waals surface area contributed by atoms with Crippen LogP contribution in [0.25, 0.3) is 0 Å². The van der Waals surface area contributed by atoms with Crippen LogP contribution in [0.2, 0.25) is 0 Å². The van der Waals surface area contributed by atoms with Gasteiger partial charge in [-0.3, -0.25) is 0 Å². The maximum Gasteiger partial charge on any atom is 0.119 e. The van der Waals surface area contributed by atoms with Crippen LogP contribution in [0.15, 0.2) is 24.3 Å². The highest BCUT2D eigenvalue weighted by Crippen LogP contribution is 2.14. The number of rotatable bonds is 7. The Labute approximate surface area is 98.4 Å². The van der Waals surface area contributed by atoms with E-state index in [0.717, 1.165) is 25.4 Å². The smallest absolute Gasteiger partial charge is 0.119 e. The van der Waals surface area contributed by atoms with E-state index in [1.54, 1.807) is 0 Å². The lowest BCUT2D eigenvalue weighted by molar-refractivity contribution is 0.315. The molecule has 0 heterocycles. The second-order valence-corrected chi connectivity index (χ2v) is 3.93. The van der Waals surface area contributed by atoms with Gasteiger partial charge in [0.1, 0.15) is 12.4 Å². The molecule has 0 saturated heterocycles. The summed E-state index contributed by atoms with van der Waals surface area (Å²) >= 11 is 0. The molecule has 1 aromatic rings. The maximum atomic E-state index is 5.62. The fourth-order valence-corrected chi connectivity index (χ4v) is 1.43. The summed E-state index contributed by atoms with van der Waals surface area (Å²) in [4.78, 5) is 2.27. The maximum absolute atomic E-state index is 5.62. The molecule has 0 bridgehead atoms. The van der Waals surface area contributed by atoms with E-state index in [-0.39, 0.29) is 0 Å². The van der Waals surface area contributed by atoms with Crippen molar-refractivity contribution >= 4 is 0 Å². The molecule has 1 aromatic carbocycles. The lowest BCUT2D eigenvalue weighted by Crippen LogP contribution is -2.17. The van der Waals surface area contributed by atoms with Crippen LogP contribution in [0.4, 0.5) is 0 Å². The molecule has 0 aliphatic rings. The highest BCUT2D eigenvalue weighted by atomic mass is 16.5. The molecule has 0 aliphatic heterocycles. The van der Waals surface area contributed by atoms with Crippen molar-refractivity contribution in [1.82, 2.24) is 10.2 Å². The van der Waals surface area contributed by atoms with Crippen LogP contribution in [0.1, 0.15) is 12.5 Å². The van der Waals surface area contributed by atoms with Gasteiger partial charge in [0.15, 0.2) is 0 Å². The van der Waals surface area contributed by atoms with Crippen LogP contribution in [-0.4, -0.2) is 38.7 Å². The average Bonchev–Trinajstić information content (AvgIpc) is 2.30. The van der Waals surface area contributed by atoms with E-state index in [2.05, 4.69) is 36.3 Å². The first-order valence-electron chi connectivity index (χ1n) is 5.81. The van der Waals surface area contributed by atoms with E-state index in [9.17, 15) is 0 Å². The predicted octanol–water partition coefficient (Wildman–Crippen LogP) is 1.74. The SMILES string of the molecule is CCN(C)Cc1cccc(OCCNC)c1. The first-order chi connectivity index (χ1) is 7.76. The Balaban J connectivity index is 2.50. The third kappa shape index (κ3) is 4.64. The highest BCUT2D eigenvalue weighted by Gasteiger charge is 1.99. The topological polar surface area (TPSA) is 24.5 Å². The fraction of sp³-hybridized carbons (Fsp3) is 0.538. The molecule has 0 saturated carbocycles. The summed E-state index contributed by atoms with van der Waals surface area (Å²) in [5.74, 6) is 0.956. The number of nitrogens with one attached hydrogen (secondary N) is 1. The molecule has 0 aliphatic carbocycles. The lowest BCUT2D eigenvalue weighted by atomic mass is 10.2. The number of likely N-dealkylation sites (N-methyl/N-ethyl adjacent to an activating group) is 1. The number of hydrogen-bond acceptors (Lipinski definition) is 3. The summed E-state index contributed by atoms with van der Waals surface area (Å²) in [6, 6.07) is 8.30.